The number of rotatable bonds is 4. The third kappa shape index (κ3) is 3.24. The molecule has 4 heterocycles. The van der Waals surface area contributed by atoms with Crippen LogP contribution in [-0.2, 0) is 20.8 Å². The Morgan fingerprint density at radius 1 is 1.40 bits per heavy atom. The first-order chi connectivity index (χ1) is 12.2. The summed E-state index contributed by atoms with van der Waals surface area (Å²) in [6, 6.07) is 0. The van der Waals surface area contributed by atoms with E-state index in [1.165, 1.54) is 6.20 Å². The van der Waals surface area contributed by atoms with Crippen LogP contribution < -0.4 is 0 Å². The molecule has 0 aromatic carbocycles. The molecule has 1 atom stereocenters. The average Bonchev–Trinajstić information content (AvgIpc) is 3.22. The molecule has 0 N–H and O–H groups in total. The van der Waals surface area contributed by atoms with Crippen molar-refractivity contribution in [3.63, 3.8) is 0 Å². The van der Waals surface area contributed by atoms with Gasteiger partial charge in [0.05, 0.1) is 26.0 Å². The first-order valence-corrected chi connectivity index (χ1v) is 8.62. The van der Waals surface area contributed by atoms with Gasteiger partial charge < -0.3 is 14.2 Å². The fraction of sp³-hybridized carbons (Fsp3) is 0.588. The number of ether oxygens (including phenoxy) is 3. The maximum absolute atomic E-state index is 11.9. The molecule has 8 nitrogen and oxygen atoms in total. The predicted octanol–water partition coefficient (Wildman–Crippen LogP) is 0.897. The molecule has 1 spiro atoms. The third-order valence-electron chi connectivity index (χ3n) is 4.71. The summed E-state index contributed by atoms with van der Waals surface area (Å²) in [5, 5.41) is 4.24. The van der Waals surface area contributed by atoms with Crippen LogP contribution in [0.1, 0.15) is 29.3 Å². The topological polar surface area (TPSA) is 78.2 Å². The van der Waals surface area contributed by atoms with Crippen molar-refractivity contribution in [3.8, 4) is 0 Å². The van der Waals surface area contributed by atoms with Gasteiger partial charge in [0.1, 0.15) is 11.2 Å². The van der Waals surface area contributed by atoms with Crippen molar-refractivity contribution < 1.29 is 19.0 Å². The summed E-state index contributed by atoms with van der Waals surface area (Å²) in [5.41, 5.74) is 1.80. The Hall–Kier alpha value is -2.03. The van der Waals surface area contributed by atoms with E-state index in [4.69, 9.17) is 14.2 Å². The highest BCUT2D eigenvalue weighted by atomic mass is 16.6. The van der Waals surface area contributed by atoms with Gasteiger partial charge in [0.15, 0.2) is 5.65 Å². The SMILES string of the molecule is CCOC(=O)c1cnn2cc(CN3CCOC4(CCOC4)C3)cnc12. The van der Waals surface area contributed by atoms with Crippen LogP contribution in [0.25, 0.3) is 5.65 Å². The quantitative estimate of drug-likeness (QED) is 0.761. The summed E-state index contributed by atoms with van der Waals surface area (Å²) in [6.45, 7) is 6.77. The van der Waals surface area contributed by atoms with Crippen LogP contribution in [0.2, 0.25) is 0 Å². The average molecular weight is 346 g/mol. The Morgan fingerprint density at radius 2 is 2.32 bits per heavy atom. The van der Waals surface area contributed by atoms with Gasteiger partial charge in [0, 0.05) is 50.6 Å². The van der Waals surface area contributed by atoms with Gasteiger partial charge in [-0.15, -0.1) is 0 Å². The van der Waals surface area contributed by atoms with Crippen molar-refractivity contribution in [2.45, 2.75) is 25.5 Å². The molecule has 2 aromatic rings. The second kappa shape index (κ2) is 6.70. The summed E-state index contributed by atoms with van der Waals surface area (Å²) in [5.74, 6) is -0.394. The van der Waals surface area contributed by atoms with Gasteiger partial charge >= 0.3 is 5.97 Å². The third-order valence-corrected chi connectivity index (χ3v) is 4.71. The second-order valence-corrected chi connectivity index (χ2v) is 6.55. The minimum atomic E-state index is -0.394. The number of fused-ring (bicyclic) bond motifs is 1. The summed E-state index contributed by atoms with van der Waals surface area (Å²) in [7, 11) is 0. The molecule has 2 aromatic heterocycles. The number of hydrogen-bond donors (Lipinski definition) is 0. The second-order valence-electron chi connectivity index (χ2n) is 6.55. The lowest BCUT2D eigenvalue weighted by molar-refractivity contribution is -0.111. The van der Waals surface area contributed by atoms with Crippen molar-refractivity contribution >= 4 is 11.6 Å². The highest BCUT2D eigenvalue weighted by Gasteiger charge is 2.40. The largest absolute Gasteiger partial charge is 0.462 e. The highest BCUT2D eigenvalue weighted by Crippen LogP contribution is 2.28. The normalized spacial score (nSPS) is 24.2. The number of morpholine rings is 1. The maximum atomic E-state index is 11.9. The molecule has 2 saturated heterocycles. The number of aromatic nitrogens is 3. The van der Waals surface area contributed by atoms with Crippen LogP contribution in [0.5, 0.6) is 0 Å². The Kier molecular flexibility index (Phi) is 4.41. The molecular formula is C17H22N4O4. The number of hydrogen-bond acceptors (Lipinski definition) is 7. The molecule has 134 valence electrons. The fourth-order valence-electron chi connectivity index (χ4n) is 3.49. The fourth-order valence-corrected chi connectivity index (χ4v) is 3.49. The zero-order valence-electron chi connectivity index (χ0n) is 14.3. The van der Waals surface area contributed by atoms with Crippen molar-refractivity contribution in [1.82, 2.24) is 19.5 Å². The van der Waals surface area contributed by atoms with Crippen LogP contribution in [0.4, 0.5) is 0 Å². The van der Waals surface area contributed by atoms with Gasteiger partial charge in [-0.1, -0.05) is 0 Å². The van der Waals surface area contributed by atoms with E-state index in [9.17, 15) is 4.79 Å². The van der Waals surface area contributed by atoms with Crippen molar-refractivity contribution in [2.24, 2.45) is 0 Å². The predicted molar refractivity (Wildman–Crippen MR) is 88.3 cm³/mol. The molecule has 2 aliphatic heterocycles. The number of carbonyl (C=O) groups excluding carboxylic acids is 1. The lowest BCUT2D eigenvalue weighted by Gasteiger charge is -2.39. The molecule has 0 bridgehead atoms. The first-order valence-electron chi connectivity index (χ1n) is 8.62. The number of carbonyl (C=O) groups is 1. The monoisotopic (exact) mass is 346 g/mol. The Morgan fingerprint density at radius 3 is 3.12 bits per heavy atom. The van der Waals surface area contributed by atoms with Crippen LogP contribution >= 0.6 is 0 Å². The lowest BCUT2D eigenvalue weighted by Crippen LogP contribution is -2.51. The summed E-state index contributed by atoms with van der Waals surface area (Å²) < 4.78 is 18.2. The minimum absolute atomic E-state index is 0.154. The lowest BCUT2D eigenvalue weighted by atomic mass is 10.0. The smallest absolute Gasteiger partial charge is 0.343 e. The van der Waals surface area contributed by atoms with Crippen molar-refractivity contribution in [2.75, 3.05) is 39.5 Å². The van der Waals surface area contributed by atoms with Gasteiger partial charge in [0.2, 0.25) is 0 Å². The van der Waals surface area contributed by atoms with Crippen molar-refractivity contribution in [1.29, 1.82) is 0 Å². The number of esters is 1. The molecule has 0 saturated carbocycles. The molecule has 4 rings (SSSR count). The van der Waals surface area contributed by atoms with E-state index in [2.05, 4.69) is 15.0 Å². The zero-order valence-corrected chi connectivity index (χ0v) is 14.3. The molecule has 0 aliphatic carbocycles. The molecule has 1 unspecified atom stereocenters. The Balaban J connectivity index is 1.49. The molecular weight excluding hydrogens is 324 g/mol. The van der Waals surface area contributed by atoms with E-state index in [0.29, 0.717) is 31.0 Å². The maximum Gasteiger partial charge on any atom is 0.343 e. The van der Waals surface area contributed by atoms with Crippen LogP contribution in [0, 0.1) is 0 Å². The standard InChI is InChI=1S/C17H22N4O4/c1-2-24-16(22)14-8-19-21-10-13(7-18-15(14)21)9-20-4-6-25-17(11-20)3-5-23-12-17/h7-8,10H,2-6,9,11-12H2,1H3. The Bertz CT molecular complexity index is 769. The van der Waals surface area contributed by atoms with Crippen LogP contribution in [-0.4, -0.2) is 70.6 Å². The van der Waals surface area contributed by atoms with E-state index >= 15 is 0 Å². The van der Waals surface area contributed by atoms with Gasteiger partial charge in [-0.25, -0.2) is 14.3 Å². The van der Waals surface area contributed by atoms with E-state index in [1.807, 2.05) is 6.20 Å². The van der Waals surface area contributed by atoms with Gasteiger partial charge in [-0.3, -0.25) is 4.90 Å². The van der Waals surface area contributed by atoms with E-state index in [1.54, 1.807) is 17.6 Å². The molecule has 0 radical (unpaired) electrons. The van der Waals surface area contributed by atoms with Gasteiger partial charge in [-0.05, 0) is 6.92 Å². The first kappa shape index (κ1) is 16.4. The highest BCUT2D eigenvalue weighted by molar-refractivity contribution is 5.95. The minimum Gasteiger partial charge on any atom is -0.462 e. The summed E-state index contributed by atoms with van der Waals surface area (Å²) in [6.07, 6.45) is 6.16. The summed E-state index contributed by atoms with van der Waals surface area (Å²) in [4.78, 5) is 18.7. The molecule has 0 amide bonds. The molecule has 8 heteroatoms. The van der Waals surface area contributed by atoms with Crippen molar-refractivity contribution in [3.05, 3.63) is 29.7 Å². The van der Waals surface area contributed by atoms with E-state index in [-0.39, 0.29) is 5.60 Å². The van der Waals surface area contributed by atoms with Crippen LogP contribution in [0.3, 0.4) is 0 Å². The molecule has 25 heavy (non-hydrogen) atoms. The van der Waals surface area contributed by atoms with Crippen LogP contribution in [0.15, 0.2) is 18.6 Å². The van der Waals surface area contributed by atoms with Gasteiger partial charge in [-0.2, -0.15) is 5.10 Å². The van der Waals surface area contributed by atoms with Gasteiger partial charge in [0.25, 0.3) is 0 Å². The summed E-state index contributed by atoms with van der Waals surface area (Å²) >= 11 is 0. The van der Waals surface area contributed by atoms with E-state index in [0.717, 1.165) is 38.2 Å². The molecule has 2 fully saturated rings. The number of nitrogens with zero attached hydrogens (tertiary/aromatic N) is 4. The Labute approximate surface area is 145 Å². The van der Waals surface area contributed by atoms with E-state index < -0.39 is 5.97 Å². The zero-order chi connectivity index (χ0) is 17.3. The molecule has 2 aliphatic rings.